The number of hydrogen-bond acceptors (Lipinski definition) is 4. The van der Waals surface area contributed by atoms with Crippen LogP contribution in [0.3, 0.4) is 0 Å². The van der Waals surface area contributed by atoms with Crippen LogP contribution in [-0.2, 0) is 5.41 Å². The van der Waals surface area contributed by atoms with Crippen molar-refractivity contribution in [2.45, 2.75) is 5.41 Å². The molecule has 0 bridgehead atoms. The van der Waals surface area contributed by atoms with E-state index in [-0.39, 0.29) is 26.4 Å². The zero-order chi connectivity index (χ0) is 40.9. The largest absolute Gasteiger partial charge is 0.491 e. The molecule has 0 saturated heterocycles. The molecule has 0 aromatic heterocycles. The van der Waals surface area contributed by atoms with E-state index in [1.54, 1.807) is 0 Å². The highest BCUT2D eigenvalue weighted by molar-refractivity contribution is 6.02. The van der Waals surface area contributed by atoms with Crippen molar-refractivity contribution in [1.29, 1.82) is 0 Å². The molecule has 4 heteroatoms. The van der Waals surface area contributed by atoms with Crippen LogP contribution in [0.5, 0.6) is 11.5 Å². The van der Waals surface area contributed by atoms with Gasteiger partial charge in [0, 0.05) is 10.8 Å². The number of aliphatic hydroxyl groups is 2. The minimum Gasteiger partial charge on any atom is -0.491 e. The topological polar surface area (TPSA) is 58.9 Å². The number of fused-ring (bicyclic) bond motifs is 7. The summed E-state index contributed by atoms with van der Waals surface area (Å²) in [6, 6.07) is 70.2. The molecule has 294 valence electrons. The molecule has 0 aliphatic heterocycles. The van der Waals surface area contributed by atoms with E-state index in [0.29, 0.717) is 0 Å². The van der Waals surface area contributed by atoms with Crippen molar-refractivity contribution in [3.63, 3.8) is 0 Å². The maximum Gasteiger partial charge on any atom is 0.127 e. The normalized spacial score (nSPS) is 12.8. The Hall–Kier alpha value is -7.24. The highest BCUT2D eigenvalue weighted by atomic mass is 16.5. The van der Waals surface area contributed by atoms with Crippen molar-refractivity contribution in [1.82, 2.24) is 0 Å². The number of aliphatic hydroxyl groups excluding tert-OH is 2. The van der Waals surface area contributed by atoms with Gasteiger partial charge in [-0.1, -0.05) is 158 Å². The Balaban J connectivity index is 1.28. The number of ether oxygens (including phenoxy) is 2. The van der Waals surface area contributed by atoms with E-state index in [2.05, 4.69) is 182 Å². The highest BCUT2D eigenvalue weighted by Gasteiger charge is 2.48. The van der Waals surface area contributed by atoms with Crippen molar-refractivity contribution in [2.75, 3.05) is 26.4 Å². The first-order valence-electron chi connectivity index (χ1n) is 21.0. The Kier molecular flexibility index (Phi) is 9.11. The Morgan fingerprint density at radius 1 is 0.328 bits per heavy atom. The number of benzene rings is 10. The molecule has 61 heavy (non-hydrogen) atoms. The lowest BCUT2D eigenvalue weighted by Crippen LogP contribution is -2.29. The average molecular weight is 791 g/mol. The smallest absolute Gasteiger partial charge is 0.127 e. The maximum absolute atomic E-state index is 9.82. The number of hydrogen-bond donors (Lipinski definition) is 2. The Morgan fingerprint density at radius 3 is 1.18 bits per heavy atom. The molecule has 11 rings (SSSR count). The Morgan fingerprint density at radius 2 is 0.721 bits per heavy atom. The predicted octanol–water partition coefficient (Wildman–Crippen LogP) is 12.7. The SMILES string of the molecule is OCCOc1cccc2c(C3(c4cccc5c(OCCO)cccc45)c4cc(-c5ccc6ccccc6c5)ccc4-c4ccc(-c5ccc6ccccc6c5)cc43)cccc12. The summed E-state index contributed by atoms with van der Waals surface area (Å²) in [5.74, 6) is 1.46. The van der Waals surface area contributed by atoms with Gasteiger partial charge in [-0.2, -0.15) is 0 Å². The van der Waals surface area contributed by atoms with Crippen LogP contribution in [0.15, 0.2) is 194 Å². The second-order valence-corrected chi connectivity index (χ2v) is 15.9. The molecule has 2 N–H and O–H groups in total. The fraction of sp³-hybridized carbons (Fsp3) is 0.0877. The zero-order valence-electron chi connectivity index (χ0n) is 33.5. The van der Waals surface area contributed by atoms with Crippen molar-refractivity contribution >= 4 is 43.1 Å². The van der Waals surface area contributed by atoms with Crippen LogP contribution in [0.25, 0.3) is 76.5 Å². The van der Waals surface area contributed by atoms with Crippen LogP contribution in [0, 0.1) is 0 Å². The van der Waals surface area contributed by atoms with E-state index in [0.717, 1.165) is 66.4 Å². The summed E-state index contributed by atoms with van der Waals surface area (Å²) in [5, 5.41) is 28.5. The molecule has 0 unspecified atom stereocenters. The van der Waals surface area contributed by atoms with Crippen LogP contribution in [0.4, 0.5) is 0 Å². The molecule has 4 nitrogen and oxygen atoms in total. The highest BCUT2D eigenvalue weighted by Crippen LogP contribution is 2.60. The van der Waals surface area contributed by atoms with E-state index in [1.165, 1.54) is 43.8 Å². The minimum atomic E-state index is -0.839. The first-order chi connectivity index (χ1) is 30.1. The third-order valence-corrected chi connectivity index (χ3v) is 12.6. The summed E-state index contributed by atoms with van der Waals surface area (Å²) >= 11 is 0. The summed E-state index contributed by atoms with van der Waals surface area (Å²) in [7, 11) is 0. The van der Waals surface area contributed by atoms with Gasteiger partial charge < -0.3 is 19.7 Å². The van der Waals surface area contributed by atoms with Gasteiger partial charge in [-0.05, 0) is 124 Å². The molecular formula is C57H42O4. The second kappa shape index (κ2) is 15.1. The van der Waals surface area contributed by atoms with Crippen molar-refractivity contribution < 1.29 is 19.7 Å². The maximum atomic E-state index is 9.82. The molecule has 10 aromatic carbocycles. The van der Waals surface area contributed by atoms with Crippen LogP contribution >= 0.6 is 0 Å². The third-order valence-electron chi connectivity index (χ3n) is 12.6. The van der Waals surface area contributed by atoms with Gasteiger partial charge in [0.25, 0.3) is 0 Å². The van der Waals surface area contributed by atoms with Gasteiger partial charge in [0.1, 0.15) is 24.7 Å². The van der Waals surface area contributed by atoms with Crippen LogP contribution < -0.4 is 9.47 Å². The summed E-state index contributed by atoms with van der Waals surface area (Å²) < 4.78 is 12.4. The summed E-state index contributed by atoms with van der Waals surface area (Å²) in [5.41, 5.74) is 10.7. The van der Waals surface area contributed by atoms with Crippen LogP contribution in [-0.4, -0.2) is 36.6 Å². The molecule has 0 atom stereocenters. The summed E-state index contributed by atoms with van der Waals surface area (Å²) in [6.45, 7) is 0.244. The van der Waals surface area contributed by atoms with Gasteiger partial charge in [0.05, 0.1) is 18.6 Å². The van der Waals surface area contributed by atoms with Crippen molar-refractivity contribution in [2.24, 2.45) is 0 Å². The van der Waals surface area contributed by atoms with Gasteiger partial charge in [0.2, 0.25) is 0 Å². The van der Waals surface area contributed by atoms with Crippen LogP contribution in [0.2, 0.25) is 0 Å². The van der Waals surface area contributed by atoms with Gasteiger partial charge in [-0.25, -0.2) is 0 Å². The van der Waals surface area contributed by atoms with Gasteiger partial charge in [-0.15, -0.1) is 0 Å². The molecule has 1 aliphatic carbocycles. The quantitative estimate of drug-likeness (QED) is 0.145. The molecule has 0 saturated carbocycles. The van der Waals surface area contributed by atoms with E-state index in [4.69, 9.17) is 9.47 Å². The van der Waals surface area contributed by atoms with E-state index >= 15 is 0 Å². The first-order valence-corrected chi connectivity index (χ1v) is 21.0. The predicted molar refractivity (Wildman–Crippen MR) is 250 cm³/mol. The average Bonchev–Trinajstić information content (AvgIpc) is 3.61. The molecule has 0 radical (unpaired) electrons. The van der Waals surface area contributed by atoms with Gasteiger partial charge >= 0.3 is 0 Å². The molecule has 0 spiro atoms. The molecule has 1 aliphatic rings. The van der Waals surface area contributed by atoms with Gasteiger partial charge in [-0.3, -0.25) is 0 Å². The Labute approximate surface area is 354 Å². The minimum absolute atomic E-state index is 0.0768. The van der Waals surface area contributed by atoms with E-state index in [1.807, 2.05) is 12.1 Å². The monoisotopic (exact) mass is 790 g/mol. The molecule has 0 heterocycles. The molecule has 0 amide bonds. The van der Waals surface area contributed by atoms with Gasteiger partial charge in [0.15, 0.2) is 0 Å². The first kappa shape index (κ1) is 36.8. The zero-order valence-corrected chi connectivity index (χ0v) is 33.5. The fourth-order valence-electron chi connectivity index (χ4n) is 9.93. The summed E-state index contributed by atoms with van der Waals surface area (Å²) in [6.07, 6.45) is 0. The fourth-order valence-corrected chi connectivity index (χ4v) is 9.93. The van der Waals surface area contributed by atoms with Crippen molar-refractivity contribution in [3.05, 3.63) is 216 Å². The van der Waals surface area contributed by atoms with Crippen LogP contribution in [0.1, 0.15) is 22.3 Å². The second-order valence-electron chi connectivity index (χ2n) is 15.9. The Bertz CT molecular complexity index is 3090. The lowest BCUT2D eigenvalue weighted by molar-refractivity contribution is 0.203. The summed E-state index contributed by atoms with van der Waals surface area (Å²) in [4.78, 5) is 0. The molecule has 0 fully saturated rings. The molecular weight excluding hydrogens is 749 g/mol. The number of rotatable bonds is 10. The van der Waals surface area contributed by atoms with E-state index in [9.17, 15) is 10.2 Å². The van der Waals surface area contributed by atoms with E-state index < -0.39 is 5.41 Å². The van der Waals surface area contributed by atoms with Crippen molar-refractivity contribution in [3.8, 4) is 44.9 Å². The lowest BCUT2D eigenvalue weighted by atomic mass is 9.65. The standard InChI is InChI=1S/C57H42O4/c58-29-31-60-55-19-7-13-45-49(55)15-5-17-51(45)57(52-18-6-16-50-46(52)14-8-20-56(50)61-32-30-59)53-35-43(41-23-21-37-9-1-3-11-39(37)33-41)25-27-47(53)48-28-26-44(36-54(48)57)42-24-22-38-10-2-4-12-40(38)34-42/h1-28,33-36,58-59H,29-32H2. The molecule has 10 aromatic rings. The lowest BCUT2D eigenvalue weighted by Gasteiger charge is -2.36. The third kappa shape index (κ3) is 5.98.